The summed E-state index contributed by atoms with van der Waals surface area (Å²) in [6.07, 6.45) is 1.52. The molecule has 0 spiro atoms. The molecule has 1 aromatic heterocycles. The molecule has 0 fully saturated rings. The molecular weight excluding hydrogens is 472 g/mol. The molecule has 0 aliphatic rings. The number of tetrazole rings is 1. The lowest BCUT2D eigenvalue weighted by molar-refractivity contribution is 0.0955. The SMILES string of the molecule is C/C(=N\NC(=O)c1ccc(OCc2ccc(Br)cc2)cc1)c1ccc(-n2cnnn2)cc1. The lowest BCUT2D eigenvalue weighted by Crippen LogP contribution is -2.19. The van der Waals surface area contributed by atoms with Crippen molar-refractivity contribution in [2.24, 2.45) is 5.10 Å². The Hall–Kier alpha value is -3.85. The third-order valence-corrected chi connectivity index (χ3v) is 5.19. The number of hydrogen-bond donors (Lipinski definition) is 1. The Kier molecular flexibility index (Phi) is 6.66. The Morgan fingerprint density at radius 2 is 1.69 bits per heavy atom. The predicted octanol–water partition coefficient (Wildman–Crippen LogP) is 4.16. The number of aromatic nitrogens is 4. The molecule has 0 radical (unpaired) electrons. The van der Waals surface area contributed by atoms with Crippen LogP contribution in [0.2, 0.25) is 0 Å². The van der Waals surface area contributed by atoms with Gasteiger partial charge in [-0.05, 0) is 77.0 Å². The second kappa shape index (κ2) is 9.97. The average molecular weight is 491 g/mol. The largest absolute Gasteiger partial charge is 0.489 e. The van der Waals surface area contributed by atoms with E-state index in [0.717, 1.165) is 21.3 Å². The zero-order chi connectivity index (χ0) is 22.3. The van der Waals surface area contributed by atoms with Crippen molar-refractivity contribution in [3.8, 4) is 11.4 Å². The third kappa shape index (κ3) is 5.44. The molecule has 160 valence electrons. The Morgan fingerprint density at radius 1 is 1.00 bits per heavy atom. The van der Waals surface area contributed by atoms with Gasteiger partial charge in [-0.25, -0.2) is 10.1 Å². The standard InChI is InChI=1S/C23H19BrN6O2/c1-16(18-4-10-21(11-5-18)30-15-25-28-29-30)26-27-23(31)19-6-12-22(13-7-19)32-14-17-2-8-20(24)9-3-17/h2-13,15H,14H2,1H3,(H,27,31)/b26-16+. The van der Waals surface area contributed by atoms with Crippen molar-refractivity contribution in [2.45, 2.75) is 13.5 Å². The normalized spacial score (nSPS) is 11.2. The summed E-state index contributed by atoms with van der Waals surface area (Å²) in [5.41, 5.74) is 6.52. The molecule has 0 aliphatic carbocycles. The lowest BCUT2D eigenvalue weighted by atomic mass is 10.1. The summed E-state index contributed by atoms with van der Waals surface area (Å²) in [4.78, 5) is 12.4. The molecule has 4 aromatic rings. The molecule has 0 unspecified atom stereocenters. The minimum atomic E-state index is -0.297. The summed E-state index contributed by atoms with van der Waals surface area (Å²) in [6.45, 7) is 2.28. The molecule has 4 rings (SSSR count). The van der Waals surface area contributed by atoms with Gasteiger partial charge in [0.25, 0.3) is 5.91 Å². The zero-order valence-electron chi connectivity index (χ0n) is 17.1. The quantitative estimate of drug-likeness (QED) is 0.310. The number of carbonyl (C=O) groups is 1. The van der Waals surface area contributed by atoms with E-state index in [1.165, 1.54) is 6.33 Å². The van der Waals surface area contributed by atoms with Crippen LogP contribution >= 0.6 is 15.9 Å². The maximum absolute atomic E-state index is 12.4. The van der Waals surface area contributed by atoms with E-state index in [9.17, 15) is 4.79 Å². The second-order valence-corrected chi connectivity index (χ2v) is 7.79. The van der Waals surface area contributed by atoms with Gasteiger partial charge in [-0.3, -0.25) is 4.79 Å². The van der Waals surface area contributed by atoms with Crippen molar-refractivity contribution in [3.05, 3.63) is 100 Å². The minimum absolute atomic E-state index is 0.297. The molecular formula is C23H19BrN6O2. The first-order valence-electron chi connectivity index (χ1n) is 9.74. The van der Waals surface area contributed by atoms with E-state index in [4.69, 9.17) is 4.74 Å². The van der Waals surface area contributed by atoms with Crippen LogP contribution in [-0.4, -0.2) is 31.8 Å². The number of halogens is 1. The Balaban J connectivity index is 1.32. The lowest BCUT2D eigenvalue weighted by Gasteiger charge is -2.08. The van der Waals surface area contributed by atoms with E-state index in [1.807, 2.05) is 55.5 Å². The van der Waals surface area contributed by atoms with Crippen molar-refractivity contribution in [1.29, 1.82) is 0 Å². The van der Waals surface area contributed by atoms with E-state index in [0.29, 0.717) is 23.6 Å². The molecule has 9 heteroatoms. The summed E-state index contributed by atoms with van der Waals surface area (Å²) in [6, 6.07) is 22.4. The average Bonchev–Trinajstić information content (AvgIpc) is 3.37. The van der Waals surface area contributed by atoms with Gasteiger partial charge in [0.1, 0.15) is 18.7 Å². The van der Waals surface area contributed by atoms with Gasteiger partial charge in [0, 0.05) is 10.0 Å². The zero-order valence-corrected chi connectivity index (χ0v) is 18.7. The Bertz CT molecular complexity index is 1210. The van der Waals surface area contributed by atoms with Crippen molar-refractivity contribution >= 4 is 27.5 Å². The highest BCUT2D eigenvalue weighted by atomic mass is 79.9. The summed E-state index contributed by atoms with van der Waals surface area (Å²) in [7, 11) is 0. The molecule has 0 saturated carbocycles. The van der Waals surface area contributed by atoms with Crippen LogP contribution in [-0.2, 0) is 6.61 Å². The maximum atomic E-state index is 12.4. The van der Waals surface area contributed by atoms with Crippen LogP contribution < -0.4 is 10.2 Å². The molecule has 1 heterocycles. The number of rotatable bonds is 7. The highest BCUT2D eigenvalue weighted by molar-refractivity contribution is 9.10. The van der Waals surface area contributed by atoms with Gasteiger partial charge in [0.15, 0.2) is 0 Å². The number of amides is 1. The van der Waals surface area contributed by atoms with Gasteiger partial charge in [0.05, 0.1) is 11.4 Å². The topological polar surface area (TPSA) is 94.3 Å². The van der Waals surface area contributed by atoms with E-state index >= 15 is 0 Å². The van der Waals surface area contributed by atoms with Crippen LogP contribution in [0.25, 0.3) is 5.69 Å². The van der Waals surface area contributed by atoms with Crippen LogP contribution in [0.3, 0.4) is 0 Å². The fraction of sp³-hybridized carbons (Fsp3) is 0.0870. The summed E-state index contributed by atoms with van der Waals surface area (Å²) in [5.74, 6) is 0.390. The first-order chi connectivity index (χ1) is 15.6. The molecule has 0 saturated heterocycles. The number of nitrogens with zero attached hydrogens (tertiary/aromatic N) is 5. The number of carbonyl (C=O) groups excluding carboxylic acids is 1. The summed E-state index contributed by atoms with van der Waals surface area (Å²) in [5, 5.41) is 15.3. The molecule has 1 N–H and O–H groups in total. The molecule has 0 atom stereocenters. The highest BCUT2D eigenvalue weighted by Crippen LogP contribution is 2.16. The van der Waals surface area contributed by atoms with Crippen LogP contribution in [0.4, 0.5) is 0 Å². The fourth-order valence-corrected chi connectivity index (χ4v) is 3.11. The number of ether oxygens (including phenoxy) is 1. The van der Waals surface area contributed by atoms with Gasteiger partial charge in [-0.1, -0.05) is 40.2 Å². The molecule has 8 nitrogen and oxygen atoms in total. The first kappa shape index (κ1) is 21.4. The maximum Gasteiger partial charge on any atom is 0.271 e. The summed E-state index contributed by atoms with van der Waals surface area (Å²) < 4.78 is 8.35. The Labute approximate surface area is 193 Å². The van der Waals surface area contributed by atoms with E-state index in [2.05, 4.69) is 42.0 Å². The van der Waals surface area contributed by atoms with E-state index in [-0.39, 0.29) is 5.91 Å². The molecule has 0 aliphatic heterocycles. The van der Waals surface area contributed by atoms with Gasteiger partial charge in [-0.15, -0.1) is 5.10 Å². The highest BCUT2D eigenvalue weighted by Gasteiger charge is 2.06. The molecule has 0 bridgehead atoms. The first-order valence-corrected chi connectivity index (χ1v) is 10.5. The van der Waals surface area contributed by atoms with Gasteiger partial charge in [-0.2, -0.15) is 5.10 Å². The molecule has 32 heavy (non-hydrogen) atoms. The number of hydrogen-bond acceptors (Lipinski definition) is 6. The van der Waals surface area contributed by atoms with Crippen molar-refractivity contribution in [2.75, 3.05) is 0 Å². The van der Waals surface area contributed by atoms with Crippen molar-refractivity contribution in [3.63, 3.8) is 0 Å². The van der Waals surface area contributed by atoms with E-state index < -0.39 is 0 Å². The minimum Gasteiger partial charge on any atom is -0.489 e. The molecule has 1 amide bonds. The predicted molar refractivity (Wildman–Crippen MR) is 124 cm³/mol. The number of nitrogens with one attached hydrogen (secondary N) is 1. The Morgan fingerprint density at radius 3 is 2.34 bits per heavy atom. The number of hydrazone groups is 1. The fourth-order valence-electron chi connectivity index (χ4n) is 2.85. The smallest absolute Gasteiger partial charge is 0.271 e. The van der Waals surface area contributed by atoms with Gasteiger partial charge < -0.3 is 4.74 Å². The molecule has 3 aromatic carbocycles. The number of benzene rings is 3. The van der Waals surface area contributed by atoms with Crippen molar-refractivity contribution < 1.29 is 9.53 Å². The van der Waals surface area contributed by atoms with E-state index in [1.54, 1.807) is 28.9 Å². The third-order valence-electron chi connectivity index (χ3n) is 4.66. The van der Waals surface area contributed by atoms with Crippen LogP contribution in [0.15, 0.2) is 88.7 Å². The van der Waals surface area contributed by atoms with Gasteiger partial charge >= 0.3 is 0 Å². The van der Waals surface area contributed by atoms with Crippen LogP contribution in [0, 0.1) is 0 Å². The summed E-state index contributed by atoms with van der Waals surface area (Å²) >= 11 is 3.41. The van der Waals surface area contributed by atoms with Gasteiger partial charge in [0.2, 0.25) is 0 Å². The second-order valence-electron chi connectivity index (χ2n) is 6.88. The monoisotopic (exact) mass is 490 g/mol. The van der Waals surface area contributed by atoms with Crippen LogP contribution in [0.5, 0.6) is 5.75 Å². The van der Waals surface area contributed by atoms with Crippen molar-refractivity contribution in [1.82, 2.24) is 25.6 Å². The van der Waals surface area contributed by atoms with Crippen LogP contribution in [0.1, 0.15) is 28.4 Å².